The van der Waals surface area contributed by atoms with E-state index in [0.717, 1.165) is 11.3 Å². The van der Waals surface area contributed by atoms with Gasteiger partial charge in [0.2, 0.25) is 0 Å². The third-order valence-corrected chi connectivity index (χ3v) is 4.42. The molecule has 138 valence electrons. The number of non-ortho nitro benzene ring substituents is 1. The average Bonchev–Trinajstić information content (AvgIpc) is 3.09. The monoisotopic (exact) mass is 377 g/mol. The van der Waals surface area contributed by atoms with Gasteiger partial charge in [0.1, 0.15) is 24.7 Å². The van der Waals surface area contributed by atoms with Crippen LogP contribution in [0.3, 0.4) is 0 Å². The molecule has 0 bridgehead atoms. The van der Waals surface area contributed by atoms with E-state index >= 15 is 0 Å². The van der Waals surface area contributed by atoms with Gasteiger partial charge >= 0.3 is 0 Å². The van der Waals surface area contributed by atoms with Crippen LogP contribution in [0.15, 0.2) is 42.5 Å². The van der Waals surface area contributed by atoms with Crippen molar-refractivity contribution < 1.29 is 14.4 Å². The summed E-state index contributed by atoms with van der Waals surface area (Å²) in [5, 5.41) is 14.3. The minimum atomic E-state index is -0.494. The summed E-state index contributed by atoms with van der Waals surface area (Å²) in [4.78, 5) is 12.3. The Bertz CT molecular complexity index is 783. The van der Waals surface area contributed by atoms with E-state index in [1.165, 1.54) is 18.2 Å². The van der Waals surface area contributed by atoms with Crippen LogP contribution in [0.5, 0.6) is 5.75 Å². The van der Waals surface area contributed by atoms with Crippen molar-refractivity contribution in [3.05, 3.63) is 63.2 Å². The van der Waals surface area contributed by atoms with E-state index in [2.05, 4.69) is 5.32 Å². The molecule has 2 atom stereocenters. The molecule has 3 rings (SSSR count). The lowest BCUT2D eigenvalue weighted by Gasteiger charge is -2.16. The Kier molecular flexibility index (Phi) is 5.61. The number of hydrogen-bond acceptors (Lipinski definition) is 6. The Hall–Kier alpha value is -2.35. The van der Waals surface area contributed by atoms with Crippen LogP contribution in [0.25, 0.3) is 0 Å². The lowest BCUT2D eigenvalue weighted by atomic mass is 10.2. The zero-order chi connectivity index (χ0) is 18.7. The van der Waals surface area contributed by atoms with Crippen LogP contribution in [-0.2, 0) is 4.74 Å². The first kappa shape index (κ1) is 18.4. The average molecular weight is 378 g/mol. The molecule has 0 radical (unpaired) electrons. The van der Waals surface area contributed by atoms with Gasteiger partial charge < -0.3 is 14.4 Å². The molecule has 2 aromatic rings. The van der Waals surface area contributed by atoms with Crippen LogP contribution in [0.4, 0.5) is 11.4 Å². The highest BCUT2D eigenvalue weighted by Gasteiger charge is 2.26. The Morgan fingerprint density at radius 2 is 2.04 bits per heavy atom. The van der Waals surface area contributed by atoms with Crippen LogP contribution in [0, 0.1) is 10.1 Å². The van der Waals surface area contributed by atoms with Crippen molar-refractivity contribution >= 4 is 23.0 Å². The fourth-order valence-corrected chi connectivity index (χ4v) is 2.90. The van der Waals surface area contributed by atoms with Gasteiger partial charge in [0, 0.05) is 38.5 Å². The molecule has 1 saturated heterocycles. The molecule has 1 aliphatic rings. The summed E-state index contributed by atoms with van der Waals surface area (Å²) in [5.41, 5.74) is 2.10. The van der Waals surface area contributed by atoms with Crippen LogP contribution >= 0.6 is 11.6 Å². The summed E-state index contributed by atoms with van der Waals surface area (Å²) in [6.07, 6.45) is -0.327. The van der Waals surface area contributed by atoms with E-state index in [1.54, 1.807) is 0 Å². The number of anilines is 1. The predicted octanol–water partition coefficient (Wildman–Crippen LogP) is 3.38. The molecule has 2 aromatic carbocycles. The molecule has 0 unspecified atom stereocenters. The molecule has 0 aliphatic carbocycles. The molecule has 1 aliphatic heterocycles. The van der Waals surface area contributed by atoms with Gasteiger partial charge in [-0.3, -0.25) is 15.4 Å². The van der Waals surface area contributed by atoms with E-state index in [4.69, 9.17) is 21.1 Å². The Balaban J connectivity index is 1.55. The van der Waals surface area contributed by atoms with Crippen molar-refractivity contribution in [2.45, 2.75) is 12.3 Å². The first-order valence-electron chi connectivity index (χ1n) is 8.17. The molecular weight excluding hydrogens is 358 g/mol. The summed E-state index contributed by atoms with van der Waals surface area (Å²) < 4.78 is 11.6. The summed E-state index contributed by atoms with van der Waals surface area (Å²) >= 11 is 6.03. The molecule has 8 heteroatoms. The van der Waals surface area contributed by atoms with Gasteiger partial charge in [0.05, 0.1) is 9.95 Å². The van der Waals surface area contributed by atoms with Crippen molar-refractivity contribution in [2.75, 3.05) is 32.1 Å². The third-order valence-electron chi connectivity index (χ3n) is 4.12. The summed E-state index contributed by atoms with van der Waals surface area (Å²) in [5.74, 6) is 0.402. The maximum atomic E-state index is 10.7. The minimum Gasteiger partial charge on any atom is -0.489 e. The van der Waals surface area contributed by atoms with E-state index in [1.807, 2.05) is 43.3 Å². The molecule has 7 nitrogen and oxygen atoms in total. The third kappa shape index (κ3) is 4.24. The number of nitrogens with one attached hydrogen (secondary N) is 1. The number of ether oxygens (including phenoxy) is 2. The number of nitrogens with zero attached hydrogens (tertiary/aromatic N) is 2. The Morgan fingerprint density at radius 1 is 1.31 bits per heavy atom. The molecule has 0 amide bonds. The second-order valence-electron chi connectivity index (χ2n) is 6.22. The molecule has 1 heterocycles. The molecular formula is C18H20ClN3O4. The molecule has 1 fully saturated rings. The normalized spacial score (nSPS) is 19.3. The standard InChI is InChI=1S/C18H20ClN3O4/c1-21(2)13-5-3-12(4-6-13)18-20-10-15(26-18)11-25-17-8-7-14(22(23)24)9-16(17)19/h3-9,15,18,20H,10-11H2,1-2H3/t15-,18+/m0/s1. The summed E-state index contributed by atoms with van der Waals surface area (Å²) in [7, 11) is 3.99. The van der Waals surface area contributed by atoms with Crippen LogP contribution in [0.1, 0.15) is 11.8 Å². The first-order valence-corrected chi connectivity index (χ1v) is 8.54. The maximum Gasteiger partial charge on any atom is 0.271 e. The number of nitro groups is 1. The number of benzene rings is 2. The highest BCUT2D eigenvalue weighted by molar-refractivity contribution is 6.32. The molecule has 0 saturated carbocycles. The number of hydrogen-bond donors (Lipinski definition) is 1. The first-order chi connectivity index (χ1) is 12.4. The Labute approximate surface area is 156 Å². The molecule has 0 spiro atoms. The van der Waals surface area contributed by atoms with Gasteiger partial charge in [-0.1, -0.05) is 23.7 Å². The van der Waals surface area contributed by atoms with E-state index in [9.17, 15) is 10.1 Å². The minimum absolute atomic E-state index is 0.0673. The largest absolute Gasteiger partial charge is 0.489 e. The zero-order valence-electron chi connectivity index (χ0n) is 14.5. The van der Waals surface area contributed by atoms with Crippen molar-refractivity contribution in [1.29, 1.82) is 0 Å². The van der Waals surface area contributed by atoms with Crippen molar-refractivity contribution in [3.8, 4) is 5.75 Å². The van der Waals surface area contributed by atoms with Gasteiger partial charge in [-0.2, -0.15) is 0 Å². The smallest absolute Gasteiger partial charge is 0.271 e. The van der Waals surface area contributed by atoms with Gasteiger partial charge in [0.25, 0.3) is 5.69 Å². The summed E-state index contributed by atoms with van der Waals surface area (Å²) in [6.45, 7) is 0.946. The number of rotatable bonds is 6. The second kappa shape index (κ2) is 7.90. The highest BCUT2D eigenvalue weighted by atomic mass is 35.5. The van der Waals surface area contributed by atoms with Gasteiger partial charge in [0.15, 0.2) is 0 Å². The topological polar surface area (TPSA) is 76.9 Å². The second-order valence-corrected chi connectivity index (χ2v) is 6.62. The Morgan fingerprint density at radius 3 is 2.65 bits per heavy atom. The van der Waals surface area contributed by atoms with Gasteiger partial charge in [-0.05, 0) is 23.8 Å². The van der Waals surface area contributed by atoms with Crippen LogP contribution in [0.2, 0.25) is 5.02 Å². The fourth-order valence-electron chi connectivity index (χ4n) is 2.67. The lowest BCUT2D eigenvalue weighted by molar-refractivity contribution is -0.384. The van der Waals surface area contributed by atoms with Crippen molar-refractivity contribution in [2.24, 2.45) is 0 Å². The SMILES string of the molecule is CN(C)c1ccc([C@@H]2NC[C@@H](COc3ccc([N+](=O)[O-])cc3Cl)O2)cc1. The molecule has 26 heavy (non-hydrogen) atoms. The van der Waals surface area contributed by atoms with Crippen LogP contribution in [-0.4, -0.2) is 38.3 Å². The zero-order valence-corrected chi connectivity index (χ0v) is 15.3. The van der Waals surface area contributed by atoms with E-state index < -0.39 is 4.92 Å². The van der Waals surface area contributed by atoms with Gasteiger partial charge in [-0.25, -0.2) is 0 Å². The maximum absolute atomic E-state index is 10.7. The van der Waals surface area contributed by atoms with E-state index in [-0.39, 0.29) is 23.0 Å². The van der Waals surface area contributed by atoms with Crippen molar-refractivity contribution in [1.82, 2.24) is 5.32 Å². The lowest BCUT2D eigenvalue weighted by Crippen LogP contribution is -2.22. The van der Waals surface area contributed by atoms with Gasteiger partial charge in [-0.15, -0.1) is 0 Å². The van der Waals surface area contributed by atoms with Crippen LogP contribution < -0.4 is 15.0 Å². The molecule has 0 aromatic heterocycles. The van der Waals surface area contributed by atoms with E-state index in [0.29, 0.717) is 18.9 Å². The fraction of sp³-hybridized carbons (Fsp3) is 0.333. The molecule has 1 N–H and O–H groups in total. The number of nitro benzene ring substituents is 1. The number of halogens is 1. The summed E-state index contributed by atoms with van der Waals surface area (Å²) in [6, 6.07) is 12.3. The highest BCUT2D eigenvalue weighted by Crippen LogP contribution is 2.30. The van der Waals surface area contributed by atoms with Crippen molar-refractivity contribution in [3.63, 3.8) is 0 Å². The predicted molar refractivity (Wildman–Crippen MR) is 100.0 cm³/mol. The quantitative estimate of drug-likeness (QED) is 0.614.